The summed E-state index contributed by atoms with van der Waals surface area (Å²) in [6.07, 6.45) is 0. The van der Waals surface area contributed by atoms with E-state index in [0.29, 0.717) is 22.2 Å². The molecular formula is C24H27N3O5S. The molecule has 0 aliphatic rings. The van der Waals surface area contributed by atoms with Gasteiger partial charge in [0, 0.05) is 22.6 Å². The molecule has 2 amide bonds. The number of aromatic nitrogens is 1. The molecule has 0 saturated carbocycles. The lowest BCUT2D eigenvalue weighted by Gasteiger charge is -2.21. The quantitative estimate of drug-likeness (QED) is 0.487. The van der Waals surface area contributed by atoms with Gasteiger partial charge in [-0.15, -0.1) is 11.3 Å². The van der Waals surface area contributed by atoms with E-state index in [0.717, 1.165) is 17.0 Å². The van der Waals surface area contributed by atoms with Crippen LogP contribution in [0.5, 0.6) is 17.2 Å². The molecule has 0 spiro atoms. The smallest absolute Gasteiger partial charge is 0.252 e. The first-order valence-corrected chi connectivity index (χ1v) is 11.2. The van der Waals surface area contributed by atoms with Crippen molar-refractivity contribution in [1.82, 2.24) is 10.3 Å². The number of amides is 2. The molecule has 0 unspecified atom stereocenters. The van der Waals surface area contributed by atoms with Gasteiger partial charge in [-0.3, -0.25) is 9.59 Å². The largest absolute Gasteiger partial charge is 0.497 e. The predicted octanol–water partition coefficient (Wildman–Crippen LogP) is 4.23. The Balaban J connectivity index is 1.72. The molecule has 174 valence electrons. The minimum Gasteiger partial charge on any atom is -0.497 e. The zero-order valence-electron chi connectivity index (χ0n) is 19.2. The molecular weight excluding hydrogens is 442 g/mol. The van der Waals surface area contributed by atoms with Crippen LogP contribution in [0.25, 0.3) is 11.3 Å². The summed E-state index contributed by atoms with van der Waals surface area (Å²) < 4.78 is 15.6. The normalized spacial score (nSPS) is 11.6. The van der Waals surface area contributed by atoms with Crippen LogP contribution in [0.1, 0.15) is 24.2 Å². The van der Waals surface area contributed by atoms with Crippen molar-refractivity contribution in [2.75, 3.05) is 26.6 Å². The summed E-state index contributed by atoms with van der Waals surface area (Å²) in [7, 11) is 4.63. The average molecular weight is 470 g/mol. The fourth-order valence-corrected chi connectivity index (χ4v) is 3.83. The van der Waals surface area contributed by atoms with Crippen LogP contribution in [-0.4, -0.2) is 44.2 Å². The second-order valence-corrected chi connectivity index (χ2v) is 8.41. The predicted molar refractivity (Wildman–Crippen MR) is 128 cm³/mol. The Morgan fingerprint density at radius 1 is 0.909 bits per heavy atom. The van der Waals surface area contributed by atoms with E-state index in [-0.39, 0.29) is 11.8 Å². The van der Waals surface area contributed by atoms with Crippen LogP contribution in [0.4, 0.5) is 5.13 Å². The van der Waals surface area contributed by atoms with Crippen molar-refractivity contribution in [2.24, 2.45) is 5.92 Å². The van der Waals surface area contributed by atoms with E-state index < -0.39 is 11.9 Å². The lowest BCUT2D eigenvalue weighted by Crippen LogP contribution is -2.47. The van der Waals surface area contributed by atoms with Gasteiger partial charge in [0.25, 0.3) is 5.91 Å². The van der Waals surface area contributed by atoms with Gasteiger partial charge in [-0.25, -0.2) is 4.98 Å². The number of nitrogens with zero attached hydrogens (tertiary/aromatic N) is 1. The third-order valence-corrected chi connectivity index (χ3v) is 5.73. The maximum Gasteiger partial charge on any atom is 0.252 e. The van der Waals surface area contributed by atoms with E-state index in [9.17, 15) is 9.59 Å². The van der Waals surface area contributed by atoms with E-state index in [1.807, 2.05) is 43.5 Å². The molecule has 1 heterocycles. The number of carbonyl (C=O) groups excluding carboxylic acids is 2. The van der Waals surface area contributed by atoms with Crippen molar-refractivity contribution in [1.29, 1.82) is 0 Å². The van der Waals surface area contributed by atoms with Crippen LogP contribution >= 0.6 is 11.3 Å². The molecule has 1 atom stereocenters. The number of ether oxygens (including phenoxy) is 3. The highest BCUT2D eigenvalue weighted by atomic mass is 32.1. The summed E-state index contributed by atoms with van der Waals surface area (Å²) in [6.45, 7) is 3.72. The lowest BCUT2D eigenvalue weighted by molar-refractivity contribution is -0.118. The Morgan fingerprint density at radius 3 is 2.06 bits per heavy atom. The van der Waals surface area contributed by atoms with Crippen molar-refractivity contribution in [3.05, 3.63) is 53.4 Å². The van der Waals surface area contributed by atoms with E-state index in [4.69, 9.17) is 14.2 Å². The number of carbonyl (C=O) groups is 2. The van der Waals surface area contributed by atoms with Crippen LogP contribution in [-0.2, 0) is 4.79 Å². The standard InChI is InChI=1S/C24H27N3O5S/c1-14(2)21(26-22(28)16-10-18(31-4)12-19(11-16)32-5)23(29)27-24-25-20(13-33-24)15-6-8-17(30-3)9-7-15/h6-14,21H,1-5H3,(H,26,28)(H,25,27,29)/t21-/m1/s1. The van der Waals surface area contributed by atoms with Gasteiger partial charge in [-0.2, -0.15) is 0 Å². The fourth-order valence-electron chi connectivity index (χ4n) is 3.11. The summed E-state index contributed by atoms with van der Waals surface area (Å²) in [5.41, 5.74) is 1.99. The first kappa shape index (κ1) is 24.1. The molecule has 33 heavy (non-hydrogen) atoms. The van der Waals surface area contributed by atoms with Gasteiger partial charge in [0.2, 0.25) is 5.91 Å². The van der Waals surface area contributed by atoms with Crippen molar-refractivity contribution >= 4 is 28.3 Å². The van der Waals surface area contributed by atoms with Crippen LogP contribution in [0.15, 0.2) is 47.8 Å². The van der Waals surface area contributed by atoms with Gasteiger partial charge < -0.3 is 24.8 Å². The first-order valence-electron chi connectivity index (χ1n) is 10.3. The molecule has 2 N–H and O–H groups in total. The van der Waals surface area contributed by atoms with Gasteiger partial charge in [0.05, 0.1) is 27.0 Å². The lowest BCUT2D eigenvalue weighted by atomic mass is 10.0. The van der Waals surface area contributed by atoms with Crippen LogP contribution in [0.3, 0.4) is 0 Å². The number of anilines is 1. The average Bonchev–Trinajstić information content (AvgIpc) is 3.29. The molecule has 0 radical (unpaired) electrons. The highest BCUT2D eigenvalue weighted by molar-refractivity contribution is 7.14. The fraction of sp³-hybridized carbons (Fsp3) is 0.292. The van der Waals surface area contributed by atoms with Crippen LogP contribution in [0, 0.1) is 5.92 Å². The maximum atomic E-state index is 13.0. The second kappa shape index (κ2) is 10.8. The number of methoxy groups -OCH3 is 3. The summed E-state index contributed by atoms with van der Waals surface area (Å²) >= 11 is 1.32. The molecule has 9 heteroatoms. The van der Waals surface area contributed by atoms with Crippen molar-refractivity contribution in [3.63, 3.8) is 0 Å². The molecule has 0 fully saturated rings. The van der Waals surface area contributed by atoms with Crippen molar-refractivity contribution < 1.29 is 23.8 Å². The van der Waals surface area contributed by atoms with Gasteiger partial charge in [0.1, 0.15) is 23.3 Å². The topological polar surface area (TPSA) is 98.8 Å². The van der Waals surface area contributed by atoms with E-state index in [2.05, 4.69) is 15.6 Å². The van der Waals surface area contributed by atoms with Crippen LogP contribution < -0.4 is 24.8 Å². The van der Waals surface area contributed by atoms with E-state index in [1.54, 1.807) is 25.3 Å². The number of benzene rings is 2. The number of nitrogens with one attached hydrogen (secondary N) is 2. The highest BCUT2D eigenvalue weighted by Crippen LogP contribution is 2.27. The SMILES string of the molecule is COc1ccc(-c2csc(NC(=O)[C@H](NC(=O)c3cc(OC)cc(OC)c3)C(C)C)n2)cc1. The Labute approximate surface area is 196 Å². The van der Waals surface area contributed by atoms with Gasteiger partial charge >= 0.3 is 0 Å². The maximum absolute atomic E-state index is 13.0. The molecule has 1 aromatic heterocycles. The molecule has 0 saturated heterocycles. The van der Waals surface area contributed by atoms with Gasteiger partial charge in [0.15, 0.2) is 5.13 Å². The van der Waals surface area contributed by atoms with Crippen molar-refractivity contribution in [3.8, 4) is 28.5 Å². The molecule has 8 nitrogen and oxygen atoms in total. The zero-order chi connectivity index (χ0) is 24.0. The summed E-state index contributed by atoms with van der Waals surface area (Å²) in [4.78, 5) is 30.3. The zero-order valence-corrected chi connectivity index (χ0v) is 20.0. The Kier molecular flexibility index (Phi) is 7.89. The Morgan fingerprint density at radius 2 is 1.52 bits per heavy atom. The number of hydrogen-bond donors (Lipinski definition) is 2. The van der Waals surface area contributed by atoms with Gasteiger partial charge in [-0.05, 0) is 42.3 Å². The first-order chi connectivity index (χ1) is 15.8. The minimum absolute atomic E-state index is 0.150. The molecule has 0 bridgehead atoms. The van der Waals surface area contributed by atoms with E-state index in [1.165, 1.54) is 25.6 Å². The monoisotopic (exact) mass is 469 g/mol. The molecule has 3 rings (SSSR count). The minimum atomic E-state index is -0.761. The molecule has 2 aromatic carbocycles. The molecule has 0 aliphatic heterocycles. The molecule has 3 aromatic rings. The third-order valence-electron chi connectivity index (χ3n) is 4.97. The highest BCUT2D eigenvalue weighted by Gasteiger charge is 2.26. The Bertz CT molecular complexity index is 1090. The number of hydrogen-bond acceptors (Lipinski definition) is 7. The summed E-state index contributed by atoms with van der Waals surface area (Å²) in [5.74, 6) is 0.829. The van der Waals surface area contributed by atoms with Gasteiger partial charge in [-0.1, -0.05) is 13.8 Å². The van der Waals surface area contributed by atoms with Crippen LogP contribution in [0.2, 0.25) is 0 Å². The second-order valence-electron chi connectivity index (χ2n) is 7.55. The Hall–Kier alpha value is -3.59. The molecule has 0 aliphatic carbocycles. The number of rotatable bonds is 9. The van der Waals surface area contributed by atoms with Crippen molar-refractivity contribution in [2.45, 2.75) is 19.9 Å². The summed E-state index contributed by atoms with van der Waals surface area (Å²) in [6, 6.07) is 11.6. The summed E-state index contributed by atoms with van der Waals surface area (Å²) in [5, 5.41) is 7.94. The number of thiazole rings is 1. The van der Waals surface area contributed by atoms with E-state index >= 15 is 0 Å². The third kappa shape index (κ3) is 6.01.